The zero-order valence-electron chi connectivity index (χ0n) is 21.6. The van der Waals surface area contributed by atoms with Crippen LogP contribution in [0.1, 0.15) is 77.5 Å². The van der Waals surface area contributed by atoms with Crippen LogP contribution < -0.4 is 5.32 Å². The lowest BCUT2D eigenvalue weighted by Gasteiger charge is -2.32. The van der Waals surface area contributed by atoms with Gasteiger partial charge < -0.3 is 15.3 Å². The number of aliphatic hydroxyl groups excluding tert-OH is 1. The van der Waals surface area contributed by atoms with Gasteiger partial charge in [-0.1, -0.05) is 85.1 Å². The van der Waals surface area contributed by atoms with Crippen LogP contribution in [-0.2, 0) is 11.3 Å². The van der Waals surface area contributed by atoms with Crippen LogP contribution in [0.15, 0.2) is 78.9 Å². The molecule has 0 aliphatic heterocycles. The number of benzene rings is 3. The highest BCUT2D eigenvalue weighted by molar-refractivity contribution is 6.30. The van der Waals surface area contributed by atoms with Crippen molar-refractivity contribution in [2.45, 2.75) is 63.1 Å². The van der Waals surface area contributed by atoms with Crippen LogP contribution in [0.3, 0.4) is 0 Å². The van der Waals surface area contributed by atoms with Crippen LogP contribution in [0.5, 0.6) is 0 Å². The average Bonchev–Trinajstić information content (AvgIpc) is 3.80. The Balaban J connectivity index is 1.28. The molecule has 0 heterocycles. The highest BCUT2D eigenvalue weighted by Crippen LogP contribution is 2.39. The Hall–Kier alpha value is -3.15. The highest BCUT2D eigenvalue weighted by atomic mass is 35.5. The van der Waals surface area contributed by atoms with E-state index in [1.807, 2.05) is 47.4 Å². The molecule has 2 saturated carbocycles. The third kappa shape index (κ3) is 6.28. The van der Waals surface area contributed by atoms with Gasteiger partial charge in [-0.15, -0.1) is 0 Å². The Morgan fingerprint density at radius 2 is 1.66 bits per heavy atom. The van der Waals surface area contributed by atoms with Gasteiger partial charge in [0.15, 0.2) is 0 Å². The number of halogens is 1. The smallest absolute Gasteiger partial charge is 0.254 e. The molecule has 6 heteroatoms. The van der Waals surface area contributed by atoms with E-state index in [2.05, 4.69) is 29.6 Å². The molecule has 3 atom stereocenters. The number of rotatable bonds is 9. The number of hydrogen-bond acceptors (Lipinski definition) is 3. The lowest BCUT2D eigenvalue weighted by Crippen LogP contribution is -2.39. The zero-order valence-corrected chi connectivity index (χ0v) is 22.3. The Kier molecular flexibility index (Phi) is 8.45. The molecule has 5 rings (SSSR count). The Morgan fingerprint density at radius 1 is 0.921 bits per heavy atom. The number of hydrogen-bond donors (Lipinski definition) is 2. The molecular formula is C32H35ClN2O3. The van der Waals surface area contributed by atoms with Gasteiger partial charge in [0.05, 0.1) is 12.6 Å². The van der Waals surface area contributed by atoms with Crippen molar-refractivity contribution in [2.75, 3.05) is 6.61 Å². The molecule has 2 aliphatic carbocycles. The normalized spacial score (nSPS) is 19.9. The number of aliphatic hydroxyl groups is 1. The number of nitrogens with one attached hydrogen (secondary N) is 1. The van der Waals surface area contributed by atoms with Crippen molar-refractivity contribution in [3.8, 4) is 0 Å². The molecule has 0 spiro atoms. The second kappa shape index (κ2) is 12.1. The fourth-order valence-corrected chi connectivity index (χ4v) is 5.84. The molecule has 3 aromatic carbocycles. The van der Waals surface area contributed by atoms with E-state index in [9.17, 15) is 14.7 Å². The third-order valence-corrected chi connectivity index (χ3v) is 8.12. The van der Waals surface area contributed by atoms with Gasteiger partial charge in [-0.05, 0) is 66.5 Å². The molecule has 0 aromatic heterocycles. The van der Waals surface area contributed by atoms with Gasteiger partial charge in [0.25, 0.3) is 5.91 Å². The largest absolute Gasteiger partial charge is 0.394 e. The molecule has 0 bridgehead atoms. The molecule has 5 nitrogen and oxygen atoms in total. The first-order valence-corrected chi connectivity index (χ1v) is 14.0. The van der Waals surface area contributed by atoms with Crippen molar-refractivity contribution in [3.63, 3.8) is 0 Å². The number of carbonyl (C=O) groups is 2. The second-order valence-electron chi connectivity index (χ2n) is 10.6. The van der Waals surface area contributed by atoms with Crippen molar-refractivity contribution >= 4 is 23.4 Å². The van der Waals surface area contributed by atoms with Crippen LogP contribution >= 0.6 is 11.6 Å². The van der Waals surface area contributed by atoms with Crippen LogP contribution in [0.25, 0.3) is 0 Å². The Labute approximate surface area is 229 Å². The maximum atomic E-state index is 13.4. The number of carbonyl (C=O) groups excluding carboxylic acids is 2. The van der Waals surface area contributed by atoms with E-state index in [0.29, 0.717) is 17.1 Å². The fourth-order valence-electron chi connectivity index (χ4n) is 5.65. The van der Waals surface area contributed by atoms with Crippen molar-refractivity contribution in [1.29, 1.82) is 0 Å². The van der Waals surface area contributed by atoms with Crippen LogP contribution in [0.4, 0.5) is 0 Å². The van der Waals surface area contributed by atoms with E-state index in [4.69, 9.17) is 11.6 Å². The summed E-state index contributed by atoms with van der Waals surface area (Å²) in [5, 5.41) is 13.6. The predicted octanol–water partition coefficient (Wildman–Crippen LogP) is 6.27. The minimum absolute atomic E-state index is 0.00806. The van der Waals surface area contributed by atoms with Crippen molar-refractivity contribution in [2.24, 2.45) is 5.92 Å². The van der Waals surface area contributed by atoms with Crippen molar-refractivity contribution < 1.29 is 14.7 Å². The predicted molar refractivity (Wildman–Crippen MR) is 150 cm³/mol. The topological polar surface area (TPSA) is 69.6 Å². The molecule has 3 unspecified atom stereocenters. The van der Waals surface area contributed by atoms with E-state index in [1.54, 1.807) is 12.1 Å². The maximum Gasteiger partial charge on any atom is 0.254 e. The SMILES string of the molecule is O=C(NC(CO)c1ccccc1)C1CCCCC1c1ccc(CN(C(=O)c2cccc(Cl)c2)C2CC2)cc1. The summed E-state index contributed by atoms with van der Waals surface area (Å²) in [6, 6.07) is 25.1. The molecule has 38 heavy (non-hydrogen) atoms. The van der Waals surface area contributed by atoms with Gasteiger partial charge in [0.1, 0.15) is 0 Å². The first-order chi connectivity index (χ1) is 18.5. The molecule has 3 aromatic rings. The van der Waals surface area contributed by atoms with Crippen molar-refractivity contribution in [1.82, 2.24) is 10.2 Å². The van der Waals surface area contributed by atoms with Crippen LogP contribution in [0.2, 0.25) is 5.02 Å². The number of nitrogens with zero attached hydrogens (tertiary/aromatic N) is 1. The summed E-state index contributed by atoms with van der Waals surface area (Å²) in [6.07, 6.45) is 6.00. The molecule has 198 valence electrons. The third-order valence-electron chi connectivity index (χ3n) is 7.88. The molecule has 2 N–H and O–H groups in total. The summed E-state index contributed by atoms with van der Waals surface area (Å²) in [4.78, 5) is 28.6. The lowest BCUT2D eigenvalue weighted by atomic mass is 9.74. The summed E-state index contributed by atoms with van der Waals surface area (Å²) in [5.41, 5.74) is 3.77. The van der Waals surface area contributed by atoms with Gasteiger partial charge in [-0.25, -0.2) is 0 Å². The second-order valence-corrected chi connectivity index (χ2v) is 11.0. The zero-order chi connectivity index (χ0) is 26.5. The van der Waals surface area contributed by atoms with Crippen LogP contribution in [-0.4, -0.2) is 34.5 Å². The summed E-state index contributed by atoms with van der Waals surface area (Å²) < 4.78 is 0. The minimum Gasteiger partial charge on any atom is -0.394 e. The summed E-state index contributed by atoms with van der Waals surface area (Å²) in [6.45, 7) is 0.424. The number of amides is 2. The van der Waals surface area contributed by atoms with Crippen molar-refractivity contribution in [3.05, 3.63) is 106 Å². The van der Waals surface area contributed by atoms with Gasteiger partial charge in [-0.3, -0.25) is 9.59 Å². The van der Waals surface area contributed by atoms with E-state index >= 15 is 0 Å². The molecule has 2 aliphatic rings. The molecule has 2 amide bonds. The van der Waals surface area contributed by atoms with Gasteiger partial charge in [0, 0.05) is 29.1 Å². The van der Waals surface area contributed by atoms with Gasteiger partial charge >= 0.3 is 0 Å². The monoisotopic (exact) mass is 530 g/mol. The average molecular weight is 531 g/mol. The van der Waals surface area contributed by atoms with Gasteiger partial charge in [-0.2, -0.15) is 0 Å². The Morgan fingerprint density at radius 3 is 2.34 bits per heavy atom. The molecule has 2 fully saturated rings. The summed E-state index contributed by atoms with van der Waals surface area (Å²) in [5.74, 6) is 0.0360. The lowest BCUT2D eigenvalue weighted by molar-refractivity contribution is -0.127. The van der Waals surface area contributed by atoms with E-state index in [1.165, 1.54) is 0 Å². The van der Waals surface area contributed by atoms with Gasteiger partial charge in [0.2, 0.25) is 5.91 Å². The van der Waals surface area contributed by atoms with E-state index < -0.39 is 6.04 Å². The fraction of sp³-hybridized carbons (Fsp3) is 0.375. The van der Waals surface area contributed by atoms with E-state index in [0.717, 1.165) is 55.2 Å². The highest BCUT2D eigenvalue weighted by Gasteiger charge is 2.34. The maximum absolute atomic E-state index is 13.4. The molecule has 0 radical (unpaired) electrons. The standard InChI is InChI=1S/C32H35ClN2O3/c33-26-10-6-9-25(19-26)32(38)35(27-17-18-27)20-22-13-15-23(16-14-22)28-11-4-5-12-29(28)31(37)34-30(21-36)24-7-2-1-3-8-24/h1-3,6-10,13-16,19,27-30,36H,4-5,11-12,17-18,20-21H2,(H,34,37). The molecular weight excluding hydrogens is 496 g/mol. The summed E-state index contributed by atoms with van der Waals surface area (Å²) in [7, 11) is 0. The quantitative estimate of drug-likeness (QED) is 0.342. The molecule has 0 saturated heterocycles. The first-order valence-electron chi connectivity index (χ1n) is 13.6. The Bertz CT molecular complexity index is 1240. The summed E-state index contributed by atoms with van der Waals surface area (Å²) >= 11 is 6.13. The first kappa shape index (κ1) is 26.5. The minimum atomic E-state index is -0.404. The van der Waals surface area contributed by atoms with Crippen LogP contribution in [0, 0.1) is 5.92 Å². The van der Waals surface area contributed by atoms with E-state index in [-0.39, 0.29) is 36.3 Å².